The fraction of sp³-hybridized carbons (Fsp3) is 0.542. The maximum Gasteiger partial charge on any atom is 0.245 e. The quantitative estimate of drug-likeness (QED) is 0.594. The molecule has 1 aromatic heterocycles. The van der Waals surface area contributed by atoms with Gasteiger partial charge in [-0.2, -0.15) is 5.10 Å². The highest BCUT2D eigenvalue weighted by molar-refractivity contribution is 5.94. The molecule has 6 nitrogen and oxygen atoms in total. The van der Waals surface area contributed by atoms with E-state index in [1.807, 2.05) is 50.2 Å². The van der Waals surface area contributed by atoms with Crippen LogP contribution in [0.5, 0.6) is 0 Å². The lowest BCUT2D eigenvalue weighted by atomic mass is 9.92. The Bertz CT molecular complexity index is 835. The number of para-hydroxylation sites is 1. The van der Waals surface area contributed by atoms with E-state index in [1.165, 1.54) is 0 Å². The number of nitrogens with one attached hydrogen (secondary N) is 1. The van der Waals surface area contributed by atoms with Gasteiger partial charge in [-0.1, -0.05) is 58.7 Å². The molecule has 0 unspecified atom stereocenters. The zero-order valence-corrected chi connectivity index (χ0v) is 19.2. The maximum absolute atomic E-state index is 12.9. The van der Waals surface area contributed by atoms with Crippen molar-refractivity contribution in [3.8, 4) is 5.69 Å². The van der Waals surface area contributed by atoms with Gasteiger partial charge >= 0.3 is 0 Å². The molecule has 0 spiro atoms. The van der Waals surface area contributed by atoms with Crippen molar-refractivity contribution in [2.24, 2.45) is 0 Å². The number of aromatic nitrogens is 2. The highest BCUT2D eigenvalue weighted by Crippen LogP contribution is 2.26. The van der Waals surface area contributed by atoms with Crippen LogP contribution in [0.4, 0.5) is 5.82 Å². The molecule has 0 bridgehead atoms. The molecule has 1 aromatic carbocycles. The van der Waals surface area contributed by atoms with E-state index in [-0.39, 0.29) is 29.8 Å². The summed E-state index contributed by atoms with van der Waals surface area (Å²) in [5, 5.41) is 7.70. The van der Waals surface area contributed by atoms with Gasteiger partial charge in [0.25, 0.3) is 0 Å². The predicted octanol–water partition coefficient (Wildman–Crippen LogP) is 4.93. The van der Waals surface area contributed by atoms with Gasteiger partial charge in [-0.05, 0) is 32.4 Å². The first-order chi connectivity index (χ1) is 14.1. The summed E-state index contributed by atoms with van der Waals surface area (Å²) in [5.74, 6) is 0.420. The van der Waals surface area contributed by atoms with Gasteiger partial charge < -0.3 is 10.2 Å². The highest BCUT2D eigenvalue weighted by Gasteiger charge is 2.23. The molecule has 0 fully saturated rings. The van der Waals surface area contributed by atoms with E-state index in [4.69, 9.17) is 5.10 Å². The van der Waals surface area contributed by atoms with Gasteiger partial charge in [0.2, 0.25) is 11.8 Å². The number of benzene rings is 1. The average Bonchev–Trinajstić information content (AvgIpc) is 3.11. The molecule has 0 radical (unpaired) electrons. The van der Waals surface area contributed by atoms with Crippen molar-refractivity contribution >= 4 is 17.6 Å². The summed E-state index contributed by atoms with van der Waals surface area (Å²) in [6.07, 6.45) is 3.43. The topological polar surface area (TPSA) is 67.2 Å². The lowest BCUT2D eigenvalue weighted by Gasteiger charge is -2.26. The number of anilines is 1. The predicted molar refractivity (Wildman–Crippen MR) is 122 cm³/mol. The van der Waals surface area contributed by atoms with Gasteiger partial charge in [-0.3, -0.25) is 9.59 Å². The molecular formula is C24H36N4O2. The summed E-state index contributed by atoms with van der Waals surface area (Å²) in [5.41, 5.74) is 1.61. The van der Waals surface area contributed by atoms with Crippen LogP contribution in [-0.2, 0) is 15.0 Å². The van der Waals surface area contributed by atoms with Crippen molar-refractivity contribution in [3.05, 3.63) is 42.1 Å². The maximum atomic E-state index is 12.9. The van der Waals surface area contributed by atoms with Crippen LogP contribution in [-0.4, -0.2) is 39.1 Å². The smallest absolute Gasteiger partial charge is 0.245 e. The van der Waals surface area contributed by atoms with E-state index >= 15 is 0 Å². The number of nitrogens with zero attached hydrogens (tertiary/aromatic N) is 3. The van der Waals surface area contributed by atoms with Crippen molar-refractivity contribution in [1.82, 2.24) is 14.7 Å². The number of carbonyl (C=O) groups is 2. The van der Waals surface area contributed by atoms with Crippen LogP contribution < -0.4 is 5.32 Å². The molecule has 0 saturated carbocycles. The summed E-state index contributed by atoms with van der Waals surface area (Å²) >= 11 is 0. The Kier molecular flexibility index (Phi) is 8.21. The number of rotatable bonds is 9. The molecule has 6 heteroatoms. The van der Waals surface area contributed by atoms with E-state index in [2.05, 4.69) is 33.0 Å². The van der Waals surface area contributed by atoms with E-state index in [0.29, 0.717) is 12.2 Å². The number of hydrogen-bond acceptors (Lipinski definition) is 3. The Morgan fingerprint density at radius 1 is 1.13 bits per heavy atom. The molecule has 0 aliphatic heterocycles. The van der Waals surface area contributed by atoms with Gasteiger partial charge in [0.1, 0.15) is 12.4 Å². The molecule has 2 amide bonds. The fourth-order valence-corrected chi connectivity index (χ4v) is 3.17. The largest absolute Gasteiger partial charge is 0.331 e. The fourth-order valence-electron chi connectivity index (χ4n) is 3.17. The van der Waals surface area contributed by atoms with Crippen LogP contribution in [0.1, 0.15) is 72.9 Å². The number of amides is 2. The van der Waals surface area contributed by atoms with Crippen molar-refractivity contribution < 1.29 is 9.59 Å². The Balaban J connectivity index is 2.20. The van der Waals surface area contributed by atoms with Crippen LogP contribution in [0.15, 0.2) is 36.4 Å². The molecule has 1 heterocycles. The third-order valence-electron chi connectivity index (χ3n) is 5.00. The zero-order valence-electron chi connectivity index (χ0n) is 19.2. The van der Waals surface area contributed by atoms with Gasteiger partial charge in [-0.25, -0.2) is 4.68 Å². The standard InChI is InChI=1S/C24H36N4O2/c1-7-8-10-15-23(30)27(18(2)3)17-22(29)25-21-16-20(24(4,5)6)26-28(21)19-13-11-9-12-14-19/h9,11-14,16,18H,7-8,10,15,17H2,1-6H3,(H,25,29). The van der Waals surface area contributed by atoms with Crippen LogP contribution >= 0.6 is 0 Å². The van der Waals surface area contributed by atoms with Gasteiger partial charge in [-0.15, -0.1) is 0 Å². The zero-order chi connectivity index (χ0) is 22.3. The first-order valence-corrected chi connectivity index (χ1v) is 10.9. The van der Waals surface area contributed by atoms with E-state index in [0.717, 1.165) is 30.6 Å². The molecule has 164 valence electrons. The second-order valence-corrected chi connectivity index (χ2v) is 9.03. The SMILES string of the molecule is CCCCCC(=O)N(CC(=O)Nc1cc(C(C)(C)C)nn1-c1ccccc1)C(C)C. The molecule has 2 aromatic rings. The Morgan fingerprint density at radius 3 is 2.37 bits per heavy atom. The Morgan fingerprint density at radius 2 is 1.80 bits per heavy atom. The van der Waals surface area contributed by atoms with E-state index < -0.39 is 0 Å². The second-order valence-electron chi connectivity index (χ2n) is 9.03. The summed E-state index contributed by atoms with van der Waals surface area (Å²) in [4.78, 5) is 27.1. The van der Waals surface area contributed by atoms with Gasteiger partial charge in [0.05, 0.1) is 11.4 Å². The molecule has 0 aliphatic carbocycles. The summed E-state index contributed by atoms with van der Waals surface area (Å²) in [6.45, 7) is 12.3. The van der Waals surface area contributed by atoms with Crippen molar-refractivity contribution in [1.29, 1.82) is 0 Å². The number of hydrogen-bond donors (Lipinski definition) is 1. The van der Waals surface area contributed by atoms with Crippen LogP contribution in [0, 0.1) is 0 Å². The number of carbonyl (C=O) groups excluding carboxylic acids is 2. The average molecular weight is 413 g/mol. The van der Waals surface area contributed by atoms with Gasteiger partial charge in [0.15, 0.2) is 0 Å². The van der Waals surface area contributed by atoms with Crippen molar-refractivity contribution in [2.75, 3.05) is 11.9 Å². The molecule has 1 N–H and O–H groups in total. The van der Waals surface area contributed by atoms with Crippen molar-refractivity contribution in [2.45, 2.75) is 78.7 Å². The third kappa shape index (κ3) is 6.44. The molecule has 2 rings (SSSR count). The van der Waals surface area contributed by atoms with Gasteiger partial charge in [0, 0.05) is 23.9 Å². The highest BCUT2D eigenvalue weighted by atomic mass is 16.2. The minimum absolute atomic E-state index is 0.0283. The third-order valence-corrected chi connectivity index (χ3v) is 5.00. The Labute approximate surface area is 180 Å². The lowest BCUT2D eigenvalue weighted by Crippen LogP contribution is -2.42. The minimum atomic E-state index is -0.218. The second kappa shape index (κ2) is 10.4. The van der Waals surface area contributed by atoms with E-state index in [9.17, 15) is 9.59 Å². The molecule has 0 atom stereocenters. The first-order valence-electron chi connectivity index (χ1n) is 10.9. The minimum Gasteiger partial charge on any atom is -0.331 e. The lowest BCUT2D eigenvalue weighted by molar-refractivity contribution is -0.136. The summed E-state index contributed by atoms with van der Waals surface area (Å²) in [6, 6.07) is 11.6. The normalized spacial score (nSPS) is 11.6. The van der Waals surface area contributed by atoms with Crippen LogP contribution in [0.3, 0.4) is 0 Å². The van der Waals surface area contributed by atoms with E-state index in [1.54, 1.807) is 9.58 Å². The molecule has 0 saturated heterocycles. The van der Waals surface area contributed by atoms with Crippen LogP contribution in [0.25, 0.3) is 5.69 Å². The van der Waals surface area contributed by atoms with Crippen LogP contribution in [0.2, 0.25) is 0 Å². The van der Waals surface area contributed by atoms with Crippen molar-refractivity contribution in [3.63, 3.8) is 0 Å². The number of unbranched alkanes of at least 4 members (excludes halogenated alkanes) is 2. The Hall–Kier alpha value is -2.63. The summed E-state index contributed by atoms with van der Waals surface area (Å²) < 4.78 is 1.75. The summed E-state index contributed by atoms with van der Waals surface area (Å²) in [7, 11) is 0. The molecule has 0 aliphatic rings. The monoisotopic (exact) mass is 412 g/mol. The molecular weight excluding hydrogens is 376 g/mol. The first kappa shape index (κ1) is 23.6. The molecule has 30 heavy (non-hydrogen) atoms.